The number of hydrogen-bond acceptors (Lipinski definition) is 4. The number of aryl methyl sites for hydroxylation is 1. The summed E-state index contributed by atoms with van der Waals surface area (Å²) in [5.74, 6) is -1.94. The van der Waals surface area contributed by atoms with Gasteiger partial charge in [-0.1, -0.05) is 0 Å². The van der Waals surface area contributed by atoms with Crippen molar-refractivity contribution in [2.75, 3.05) is 25.0 Å². The lowest BCUT2D eigenvalue weighted by Crippen LogP contribution is -2.27. The molecule has 0 bridgehead atoms. The van der Waals surface area contributed by atoms with Crippen molar-refractivity contribution in [3.63, 3.8) is 0 Å². The Balaban J connectivity index is 1.64. The number of hydrogen-bond donors (Lipinski definition) is 1. The summed E-state index contributed by atoms with van der Waals surface area (Å²) in [6.45, 7) is 2.03. The topological polar surface area (TPSA) is 75.7 Å². The van der Waals surface area contributed by atoms with Crippen molar-refractivity contribution in [3.8, 4) is 5.75 Å². The molecule has 1 aliphatic heterocycles. The van der Waals surface area contributed by atoms with E-state index >= 15 is 0 Å². The summed E-state index contributed by atoms with van der Waals surface area (Å²) in [5.41, 5.74) is -1.24. The molecule has 11 heteroatoms. The fourth-order valence-corrected chi connectivity index (χ4v) is 4.79. The number of ether oxygens (including phenoxy) is 1. The molecule has 1 fully saturated rings. The standard InChI is InChI=1S/C20H20F4N2O4S/c1-13-10-15(31(28,29)26-8-2-3-9-26)5-7-18(13)30-12-19(27)25-14-4-6-17(21)16(11-14)20(22,23)24/h4-7,10-11H,2-3,8-9,12H2,1H3,(H,25,27). The summed E-state index contributed by atoms with van der Waals surface area (Å²) in [6.07, 6.45) is -3.27. The Bertz CT molecular complexity index is 1080. The molecule has 0 atom stereocenters. The largest absolute Gasteiger partial charge is 0.483 e. The van der Waals surface area contributed by atoms with Gasteiger partial charge in [-0.2, -0.15) is 17.5 Å². The molecule has 2 aromatic carbocycles. The summed E-state index contributed by atoms with van der Waals surface area (Å²) >= 11 is 0. The first-order chi connectivity index (χ1) is 14.5. The average molecular weight is 460 g/mol. The zero-order valence-corrected chi connectivity index (χ0v) is 17.3. The highest BCUT2D eigenvalue weighted by atomic mass is 32.2. The summed E-state index contributed by atoms with van der Waals surface area (Å²) in [7, 11) is -3.59. The van der Waals surface area contributed by atoms with Crippen molar-refractivity contribution in [3.05, 3.63) is 53.3 Å². The first-order valence-corrected chi connectivity index (χ1v) is 10.8. The zero-order valence-electron chi connectivity index (χ0n) is 16.5. The minimum absolute atomic E-state index is 0.120. The predicted octanol–water partition coefficient (Wildman–Crippen LogP) is 3.95. The predicted molar refractivity (Wildman–Crippen MR) is 105 cm³/mol. The van der Waals surface area contributed by atoms with Gasteiger partial charge in [-0.3, -0.25) is 4.79 Å². The molecule has 2 aromatic rings. The van der Waals surface area contributed by atoms with Crippen LogP contribution in [0.3, 0.4) is 0 Å². The first kappa shape index (κ1) is 23.0. The third-order valence-corrected chi connectivity index (χ3v) is 6.66. The lowest BCUT2D eigenvalue weighted by molar-refractivity contribution is -0.140. The van der Waals surface area contributed by atoms with Crippen LogP contribution in [-0.4, -0.2) is 38.3 Å². The van der Waals surface area contributed by atoms with Crippen molar-refractivity contribution in [2.24, 2.45) is 0 Å². The molecule has 3 rings (SSSR count). The smallest absolute Gasteiger partial charge is 0.419 e. The maximum absolute atomic E-state index is 13.3. The Morgan fingerprint density at radius 1 is 1.13 bits per heavy atom. The minimum Gasteiger partial charge on any atom is -0.483 e. The molecular weight excluding hydrogens is 440 g/mol. The number of carbonyl (C=O) groups excluding carboxylic acids is 1. The number of anilines is 1. The SMILES string of the molecule is Cc1cc(S(=O)(=O)N2CCCC2)ccc1OCC(=O)Nc1ccc(F)c(C(F)(F)F)c1. The quantitative estimate of drug-likeness (QED) is 0.663. The number of alkyl halides is 3. The van der Waals surface area contributed by atoms with Gasteiger partial charge in [-0.25, -0.2) is 12.8 Å². The van der Waals surface area contributed by atoms with Gasteiger partial charge in [-0.05, 0) is 61.7 Å². The van der Waals surface area contributed by atoms with Gasteiger partial charge in [0.15, 0.2) is 6.61 Å². The van der Waals surface area contributed by atoms with Gasteiger partial charge in [0, 0.05) is 18.8 Å². The van der Waals surface area contributed by atoms with Gasteiger partial charge < -0.3 is 10.1 Å². The minimum atomic E-state index is -4.89. The van der Waals surface area contributed by atoms with Crippen molar-refractivity contribution >= 4 is 21.6 Å². The first-order valence-electron chi connectivity index (χ1n) is 9.38. The van der Waals surface area contributed by atoms with Crippen LogP contribution in [-0.2, 0) is 21.0 Å². The fourth-order valence-electron chi connectivity index (χ4n) is 3.18. The zero-order chi connectivity index (χ0) is 22.8. The molecule has 1 saturated heterocycles. The maximum atomic E-state index is 13.3. The van der Waals surface area contributed by atoms with Gasteiger partial charge in [0.2, 0.25) is 10.0 Å². The molecule has 1 amide bonds. The lowest BCUT2D eigenvalue weighted by atomic mass is 10.2. The van der Waals surface area contributed by atoms with E-state index < -0.39 is 40.1 Å². The van der Waals surface area contributed by atoms with Crippen molar-refractivity contribution < 1.29 is 35.5 Å². The Labute approximate surface area is 176 Å². The molecule has 6 nitrogen and oxygen atoms in total. The van der Waals surface area contributed by atoms with Crippen LogP contribution in [0.4, 0.5) is 23.2 Å². The number of sulfonamides is 1. The monoisotopic (exact) mass is 460 g/mol. The van der Waals surface area contributed by atoms with Crippen molar-refractivity contribution in [1.29, 1.82) is 0 Å². The van der Waals surface area contributed by atoms with Crippen LogP contribution in [0, 0.1) is 12.7 Å². The van der Waals surface area contributed by atoms with Gasteiger partial charge in [0.1, 0.15) is 11.6 Å². The van der Waals surface area contributed by atoms with Crippen LogP contribution in [0.15, 0.2) is 41.3 Å². The number of halogens is 4. The van der Waals surface area contributed by atoms with Crippen LogP contribution >= 0.6 is 0 Å². The molecule has 0 unspecified atom stereocenters. The van der Waals surface area contributed by atoms with E-state index in [1.54, 1.807) is 6.92 Å². The van der Waals surface area contributed by atoms with Gasteiger partial charge in [-0.15, -0.1) is 0 Å². The number of carbonyl (C=O) groups is 1. The Kier molecular flexibility index (Phi) is 6.56. The van der Waals surface area contributed by atoms with E-state index in [2.05, 4.69) is 5.32 Å². The second-order valence-corrected chi connectivity index (χ2v) is 9.01. The molecule has 0 radical (unpaired) electrons. The molecule has 0 aromatic heterocycles. The van der Waals surface area contributed by atoms with E-state index in [1.807, 2.05) is 0 Å². The number of nitrogens with zero attached hydrogens (tertiary/aromatic N) is 1. The van der Waals surface area contributed by atoms with Crippen LogP contribution < -0.4 is 10.1 Å². The van der Waals surface area contributed by atoms with Crippen LogP contribution in [0.2, 0.25) is 0 Å². The Hall–Kier alpha value is -2.66. The number of nitrogens with one attached hydrogen (secondary N) is 1. The van der Waals surface area contributed by atoms with Crippen LogP contribution in [0.1, 0.15) is 24.0 Å². The third kappa shape index (κ3) is 5.34. The van der Waals surface area contributed by atoms with Crippen molar-refractivity contribution in [1.82, 2.24) is 4.31 Å². The van der Waals surface area contributed by atoms with E-state index in [1.165, 1.54) is 22.5 Å². The summed E-state index contributed by atoms with van der Waals surface area (Å²) in [4.78, 5) is 12.1. The van der Waals surface area contributed by atoms with E-state index in [0.717, 1.165) is 18.9 Å². The molecule has 0 saturated carbocycles. The average Bonchev–Trinajstić information content (AvgIpc) is 3.23. The second kappa shape index (κ2) is 8.83. The molecule has 1 N–H and O–H groups in total. The maximum Gasteiger partial charge on any atom is 0.419 e. The normalized spacial score (nSPS) is 15.1. The van der Waals surface area contributed by atoms with E-state index in [9.17, 15) is 30.8 Å². The van der Waals surface area contributed by atoms with Gasteiger partial charge in [0.05, 0.1) is 10.5 Å². The summed E-state index contributed by atoms with van der Waals surface area (Å²) in [5, 5.41) is 2.21. The molecule has 1 aliphatic rings. The molecule has 31 heavy (non-hydrogen) atoms. The lowest BCUT2D eigenvalue weighted by Gasteiger charge is -2.17. The number of rotatable bonds is 6. The Morgan fingerprint density at radius 2 is 1.81 bits per heavy atom. The third-order valence-electron chi connectivity index (χ3n) is 4.76. The highest BCUT2D eigenvalue weighted by Gasteiger charge is 2.34. The molecule has 168 valence electrons. The van der Waals surface area contributed by atoms with Gasteiger partial charge in [0.25, 0.3) is 5.91 Å². The molecule has 0 aliphatic carbocycles. The fraction of sp³-hybridized carbons (Fsp3) is 0.350. The number of amides is 1. The summed E-state index contributed by atoms with van der Waals surface area (Å²) < 4.78 is 83.6. The second-order valence-electron chi connectivity index (χ2n) is 7.07. The number of benzene rings is 2. The van der Waals surface area contributed by atoms with Crippen LogP contribution in [0.5, 0.6) is 5.75 Å². The molecular formula is C20H20F4N2O4S. The molecule has 1 heterocycles. The van der Waals surface area contributed by atoms with Crippen LogP contribution in [0.25, 0.3) is 0 Å². The van der Waals surface area contributed by atoms with E-state index in [4.69, 9.17) is 4.74 Å². The highest BCUT2D eigenvalue weighted by Crippen LogP contribution is 2.33. The summed E-state index contributed by atoms with van der Waals surface area (Å²) in [6, 6.07) is 6.36. The highest BCUT2D eigenvalue weighted by molar-refractivity contribution is 7.89. The van der Waals surface area contributed by atoms with E-state index in [0.29, 0.717) is 30.8 Å². The van der Waals surface area contributed by atoms with E-state index in [-0.39, 0.29) is 16.3 Å². The van der Waals surface area contributed by atoms with Gasteiger partial charge >= 0.3 is 6.18 Å². The molecule has 0 spiro atoms. The van der Waals surface area contributed by atoms with Crippen molar-refractivity contribution in [2.45, 2.75) is 30.8 Å². The Morgan fingerprint density at radius 3 is 2.42 bits per heavy atom.